The van der Waals surface area contributed by atoms with E-state index >= 15 is 0 Å². The van der Waals surface area contributed by atoms with E-state index in [2.05, 4.69) is 6.58 Å². The maximum atomic E-state index is 10.9. The first kappa shape index (κ1) is 9.95. The molecule has 0 heterocycles. The molecule has 0 atom stereocenters. The lowest BCUT2D eigenvalue weighted by molar-refractivity contribution is -0.138. The fourth-order valence-electron chi connectivity index (χ4n) is 0.420. The van der Waals surface area contributed by atoms with Crippen molar-refractivity contribution in [1.29, 1.82) is 0 Å². The minimum Gasteiger partial charge on any atom is -0.458 e. The summed E-state index contributed by atoms with van der Waals surface area (Å²) in [6, 6.07) is 0. The quantitative estimate of drug-likeness (QED) is 0.353. The predicted molar refractivity (Wildman–Crippen MR) is 45.2 cm³/mol. The van der Waals surface area contributed by atoms with E-state index in [1.807, 2.05) is 6.92 Å². The minimum atomic E-state index is -0.268. The number of ether oxygens (including phenoxy) is 1. The van der Waals surface area contributed by atoms with Crippen LogP contribution in [-0.2, 0) is 9.53 Å². The lowest BCUT2D eigenvalue weighted by Crippen LogP contribution is -2.06. The van der Waals surface area contributed by atoms with Gasteiger partial charge in [0.2, 0.25) is 0 Å². The third-order valence-electron chi connectivity index (χ3n) is 1.20. The smallest absolute Gasteiger partial charge is 0.333 e. The first-order valence-corrected chi connectivity index (χ1v) is 3.52. The molecule has 0 fully saturated rings. The van der Waals surface area contributed by atoms with E-state index in [0.717, 1.165) is 5.57 Å². The average molecular weight is 154 g/mol. The van der Waals surface area contributed by atoms with Gasteiger partial charge in [-0.1, -0.05) is 12.7 Å². The SMILES string of the molecule is C=C(C)COC(=O)/C(C)=C/C. The minimum absolute atomic E-state index is 0.268. The zero-order valence-corrected chi connectivity index (χ0v) is 7.31. The Morgan fingerprint density at radius 2 is 2.09 bits per heavy atom. The Balaban J connectivity index is 3.80. The molecule has 0 aromatic carbocycles. The Morgan fingerprint density at radius 1 is 1.55 bits per heavy atom. The Bertz CT molecular complexity index is 190. The van der Waals surface area contributed by atoms with Gasteiger partial charge in [0, 0.05) is 5.57 Å². The molecule has 2 nitrogen and oxygen atoms in total. The molecule has 0 saturated heterocycles. The molecule has 0 bridgehead atoms. The van der Waals surface area contributed by atoms with Crippen molar-refractivity contribution >= 4 is 5.97 Å². The van der Waals surface area contributed by atoms with Crippen molar-refractivity contribution in [3.05, 3.63) is 23.8 Å². The summed E-state index contributed by atoms with van der Waals surface area (Å²) in [5.41, 5.74) is 1.48. The van der Waals surface area contributed by atoms with Crippen LogP contribution in [0.1, 0.15) is 20.8 Å². The van der Waals surface area contributed by atoms with E-state index in [-0.39, 0.29) is 5.97 Å². The molecule has 0 rings (SSSR count). The highest BCUT2D eigenvalue weighted by Crippen LogP contribution is 1.97. The number of rotatable bonds is 3. The Hall–Kier alpha value is -1.05. The molecule has 0 unspecified atom stereocenters. The number of allylic oxidation sites excluding steroid dienone is 1. The molecule has 11 heavy (non-hydrogen) atoms. The summed E-state index contributed by atoms with van der Waals surface area (Å²) in [5.74, 6) is -0.268. The van der Waals surface area contributed by atoms with Gasteiger partial charge in [-0.25, -0.2) is 4.79 Å². The van der Waals surface area contributed by atoms with Crippen LogP contribution in [0.4, 0.5) is 0 Å². The van der Waals surface area contributed by atoms with Gasteiger partial charge in [0.25, 0.3) is 0 Å². The van der Waals surface area contributed by atoms with Crippen molar-refractivity contribution in [3.63, 3.8) is 0 Å². The van der Waals surface area contributed by atoms with Crippen LogP contribution in [0.15, 0.2) is 23.8 Å². The van der Waals surface area contributed by atoms with Crippen LogP contribution in [0.3, 0.4) is 0 Å². The molecule has 0 amide bonds. The van der Waals surface area contributed by atoms with E-state index in [4.69, 9.17) is 4.74 Å². The standard InChI is InChI=1S/C9H14O2/c1-5-8(4)9(10)11-6-7(2)3/h5H,2,6H2,1,3-4H3/b8-5+. The molecule has 0 aliphatic heterocycles. The van der Waals surface area contributed by atoms with Gasteiger partial charge in [-0.05, 0) is 26.3 Å². The van der Waals surface area contributed by atoms with Crippen LogP contribution in [0.25, 0.3) is 0 Å². The summed E-state index contributed by atoms with van der Waals surface area (Å²) in [6.45, 7) is 9.27. The number of esters is 1. The topological polar surface area (TPSA) is 26.3 Å². The molecule has 0 aliphatic carbocycles. The lowest BCUT2D eigenvalue weighted by Gasteiger charge is -2.02. The molecule has 0 spiro atoms. The van der Waals surface area contributed by atoms with Crippen molar-refractivity contribution < 1.29 is 9.53 Å². The molecular formula is C9H14O2. The van der Waals surface area contributed by atoms with Gasteiger partial charge >= 0.3 is 5.97 Å². The molecule has 0 N–H and O–H groups in total. The predicted octanol–water partition coefficient (Wildman–Crippen LogP) is 2.07. The van der Waals surface area contributed by atoms with Crippen LogP contribution in [0.2, 0.25) is 0 Å². The van der Waals surface area contributed by atoms with Crippen LogP contribution in [-0.4, -0.2) is 12.6 Å². The number of hydrogen-bond acceptors (Lipinski definition) is 2. The Labute approximate surface area is 67.6 Å². The third-order valence-corrected chi connectivity index (χ3v) is 1.20. The molecule has 0 aromatic rings. The summed E-state index contributed by atoms with van der Waals surface area (Å²) < 4.78 is 4.85. The zero-order chi connectivity index (χ0) is 8.85. The van der Waals surface area contributed by atoms with Crippen LogP contribution in [0, 0.1) is 0 Å². The molecule has 62 valence electrons. The molecule has 0 aromatic heterocycles. The second-order valence-corrected chi connectivity index (χ2v) is 2.50. The number of carbonyl (C=O) groups is 1. The third kappa shape index (κ3) is 4.37. The van der Waals surface area contributed by atoms with E-state index in [1.165, 1.54) is 0 Å². The molecule has 2 heteroatoms. The molecular weight excluding hydrogens is 140 g/mol. The van der Waals surface area contributed by atoms with Crippen molar-refractivity contribution in [1.82, 2.24) is 0 Å². The normalized spacial score (nSPS) is 11.0. The first-order valence-electron chi connectivity index (χ1n) is 3.52. The van der Waals surface area contributed by atoms with Gasteiger partial charge in [0.15, 0.2) is 0 Å². The second-order valence-electron chi connectivity index (χ2n) is 2.50. The van der Waals surface area contributed by atoms with E-state index < -0.39 is 0 Å². The van der Waals surface area contributed by atoms with Gasteiger partial charge in [-0.2, -0.15) is 0 Å². The van der Waals surface area contributed by atoms with Crippen LogP contribution in [0.5, 0.6) is 0 Å². The van der Waals surface area contributed by atoms with Crippen LogP contribution < -0.4 is 0 Å². The molecule has 0 radical (unpaired) electrons. The van der Waals surface area contributed by atoms with E-state index in [1.54, 1.807) is 19.9 Å². The largest absolute Gasteiger partial charge is 0.458 e. The Kier molecular flexibility index (Phi) is 4.27. The Morgan fingerprint density at radius 3 is 2.45 bits per heavy atom. The van der Waals surface area contributed by atoms with Crippen molar-refractivity contribution in [2.24, 2.45) is 0 Å². The van der Waals surface area contributed by atoms with Crippen molar-refractivity contribution in [2.75, 3.05) is 6.61 Å². The molecule has 0 saturated carbocycles. The summed E-state index contributed by atoms with van der Waals surface area (Å²) in [5, 5.41) is 0. The highest BCUT2D eigenvalue weighted by atomic mass is 16.5. The average Bonchev–Trinajstić information content (AvgIpc) is 1.98. The lowest BCUT2D eigenvalue weighted by atomic mass is 10.3. The number of hydrogen-bond donors (Lipinski definition) is 0. The summed E-state index contributed by atoms with van der Waals surface area (Å²) in [4.78, 5) is 10.9. The monoisotopic (exact) mass is 154 g/mol. The van der Waals surface area contributed by atoms with Gasteiger partial charge < -0.3 is 4.74 Å². The highest BCUT2D eigenvalue weighted by Gasteiger charge is 2.02. The van der Waals surface area contributed by atoms with Gasteiger partial charge in [-0.3, -0.25) is 0 Å². The van der Waals surface area contributed by atoms with E-state index in [9.17, 15) is 4.79 Å². The van der Waals surface area contributed by atoms with Gasteiger partial charge in [0.1, 0.15) is 6.61 Å². The first-order chi connectivity index (χ1) is 5.07. The van der Waals surface area contributed by atoms with Crippen molar-refractivity contribution in [3.8, 4) is 0 Å². The van der Waals surface area contributed by atoms with Gasteiger partial charge in [-0.15, -0.1) is 0 Å². The zero-order valence-electron chi connectivity index (χ0n) is 7.31. The molecule has 0 aliphatic rings. The van der Waals surface area contributed by atoms with Gasteiger partial charge in [0.05, 0.1) is 0 Å². The second kappa shape index (κ2) is 4.72. The maximum absolute atomic E-state index is 10.9. The summed E-state index contributed by atoms with van der Waals surface area (Å²) in [6.07, 6.45) is 1.72. The number of carbonyl (C=O) groups excluding carboxylic acids is 1. The fourth-order valence-corrected chi connectivity index (χ4v) is 0.420. The fraction of sp³-hybridized carbons (Fsp3) is 0.444. The summed E-state index contributed by atoms with van der Waals surface area (Å²) >= 11 is 0. The van der Waals surface area contributed by atoms with Crippen LogP contribution >= 0.6 is 0 Å². The highest BCUT2D eigenvalue weighted by molar-refractivity contribution is 5.87. The summed E-state index contributed by atoms with van der Waals surface area (Å²) in [7, 11) is 0. The van der Waals surface area contributed by atoms with E-state index in [0.29, 0.717) is 12.2 Å². The van der Waals surface area contributed by atoms with Crippen molar-refractivity contribution in [2.45, 2.75) is 20.8 Å². The maximum Gasteiger partial charge on any atom is 0.333 e.